The molecule has 1 amide bonds. The van der Waals surface area contributed by atoms with Crippen LogP contribution < -0.4 is 5.32 Å². The molecule has 0 spiro atoms. The molecule has 4 rings (SSSR count). The number of carbonyl (C=O) groups excluding carboxylic acids is 1. The molecule has 1 aliphatic heterocycles. The number of hydrogen-bond donors (Lipinski definition) is 1. The van der Waals surface area contributed by atoms with E-state index in [1.165, 1.54) is 10.4 Å². The van der Waals surface area contributed by atoms with Crippen molar-refractivity contribution in [2.45, 2.75) is 18.4 Å². The van der Waals surface area contributed by atoms with Crippen molar-refractivity contribution >= 4 is 21.6 Å². The molecule has 0 atom stereocenters. The van der Waals surface area contributed by atoms with Crippen molar-refractivity contribution < 1.29 is 17.9 Å². The van der Waals surface area contributed by atoms with Crippen molar-refractivity contribution in [2.24, 2.45) is 0 Å². The van der Waals surface area contributed by atoms with Crippen LogP contribution in [-0.2, 0) is 21.3 Å². The molecule has 1 fully saturated rings. The second-order valence-corrected chi connectivity index (χ2v) is 9.29. The number of nitrogens with one attached hydrogen (secondary N) is 1. The largest absolute Gasteiger partial charge is 0.379 e. The lowest BCUT2D eigenvalue weighted by Crippen LogP contribution is -2.40. The van der Waals surface area contributed by atoms with E-state index in [1.54, 1.807) is 25.3 Å². The van der Waals surface area contributed by atoms with Gasteiger partial charge >= 0.3 is 0 Å². The standard InChI is InChI=1S/C22H24N4O4S/c1-17-3-8-20(31(28,29)26-11-13-30-14-12-26)15-21(17)22(27)24-19-6-4-18(5-7-19)16-25-10-2-9-23-25/h2-10,15H,11-14,16H2,1H3,(H,24,27). The van der Waals surface area contributed by atoms with Crippen LogP contribution in [0, 0.1) is 6.92 Å². The monoisotopic (exact) mass is 440 g/mol. The highest BCUT2D eigenvalue weighted by Gasteiger charge is 2.27. The third kappa shape index (κ3) is 4.84. The molecular formula is C22H24N4O4S. The summed E-state index contributed by atoms with van der Waals surface area (Å²) in [6, 6.07) is 14.0. The molecule has 8 nitrogen and oxygen atoms in total. The summed E-state index contributed by atoms with van der Waals surface area (Å²) in [7, 11) is -3.67. The molecule has 2 heterocycles. The second kappa shape index (κ2) is 9.01. The summed E-state index contributed by atoms with van der Waals surface area (Å²) in [4.78, 5) is 13.0. The summed E-state index contributed by atoms with van der Waals surface area (Å²) in [5, 5.41) is 7.03. The normalized spacial score (nSPS) is 15.0. The Morgan fingerprint density at radius 2 is 1.87 bits per heavy atom. The Morgan fingerprint density at radius 3 is 2.55 bits per heavy atom. The zero-order valence-corrected chi connectivity index (χ0v) is 18.0. The average molecular weight is 441 g/mol. The van der Waals surface area contributed by atoms with E-state index < -0.39 is 10.0 Å². The fourth-order valence-corrected chi connectivity index (χ4v) is 4.85. The van der Waals surface area contributed by atoms with Gasteiger partial charge in [0, 0.05) is 36.7 Å². The third-order valence-corrected chi connectivity index (χ3v) is 7.07. The molecular weight excluding hydrogens is 416 g/mol. The predicted molar refractivity (Wildman–Crippen MR) is 116 cm³/mol. The molecule has 1 saturated heterocycles. The molecule has 2 aromatic carbocycles. The lowest BCUT2D eigenvalue weighted by molar-refractivity contribution is 0.0730. The highest BCUT2D eigenvalue weighted by molar-refractivity contribution is 7.89. The number of nitrogens with zero attached hydrogens (tertiary/aromatic N) is 3. The maximum Gasteiger partial charge on any atom is 0.255 e. The number of hydrogen-bond acceptors (Lipinski definition) is 5. The Morgan fingerprint density at radius 1 is 1.13 bits per heavy atom. The Labute approximate surface area is 181 Å². The topological polar surface area (TPSA) is 93.5 Å². The van der Waals surface area contributed by atoms with Gasteiger partial charge in [-0.25, -0.2) is 8.42 Å². The van der Waals surface area contributed by atoms with Gasteiger partial charge in [-0.15, -0.1) is 0 Å². The minimum absolute atomic E-state index is 0.111. The van der Waals surface area contributed by atoms with Gasteiger partial charge in [0.15, 0.2) is 0 Å². The van der Waals surface area contributed by atoms with E-state index >= 15 is 0 Å². The lowest BCUT2D eigenvalue weighted by atomic mass is 10.1. The Bertz CT molecular complexity index is 1150. The Hall–Kier alpha value is -3.01. The van der Waals surface area contributed by atoms with Crippen molar-refractivity contribution in [1.82, 2.24) is 14.1 Å². The predicted octanol–water partition coefficient (Wildman–Crippen LogP) is 2.51. The molecule has 0 bridgehead atoms. The van der Waals surface area contributed by atoms with Crippen molar-refractivity contribution in [1.29, 1.82) is 0 Å². The molecule has 0 unspecified atom stereocenters. The Kier molecular flexibility index (Phi) is 6.17. The second-order valence-electron chi connectivity index (χ2n) is 7.35. The molecule has 1 N–H and O–H groups in total. The van der Waals surface area contributed by atoms with Crippen LogP contribution in [0.1, 0.15) is 21.5 Å². The molecule has 162 valence electrons. The summed E-state index contributed by atoms with van der Waals surface area (Å²) in [6.07, 6.45) is 3.61. The van der Waals surface area contributed by atoms with Gasteiger partial charge < -0.3 is 10.1 Å². The first-order chi connectivity index (χ1) is 14.9. The van der Waals surface area contributed by atoms with E-state index in [0.29, 0.717) is 49.7 Å². The van der Waals surface area contributed by atoms with Crippen molar-refractivity contribution in [3.63, 3.8) is 0 Å². The van der Waals surface area contributed by atoms with Crippen LogP contribution >= 0.6 is 0 Å². The molecule has 1 aromatic heterocycles. The smallest absolute Gasteiger partial charge is 0.255 e. The van der Waals surface area contributed by atoms with Gasteiger partial charge in [0.2, 0.25) is 10.0 Å². The van der Waals surface area contributed by atoms with Crippen LogP contribution in [0.5, 0.6) is 0 Å². The zero-order chi connectivity index (χ0) is 21.8. The molecule has 31 heavy (non-hydrogen) atoms. The molecule has 0 aliphatic carbocycles. The van der Waals surface area contributed by atoms with Crippen molar-refractivity contribution in [3.05, 3.63) is 77.6 Å². The van der Waals surface area contributed by atoms with Gasteiger partial charge in [0.1, 0.15) is 0 Å². The van der Waals surface area contributed by atoms with E-state index in [-0.39, 0.29) is 10.8 Å². The third-order valence-electron chi connectivity index (χ3n) is 5.18. The van der Waals surface area contributed by atoms with E-state index in [2.05, 4.69) is 10.4 Å². The summed E-state index contributed by atoms with van der Waals surface area (Å²) in [6.45, 7) is 3.78. The zero-order valence-electron chi connectivity index (χ0n) is 17.2. The molecule has 1 aliphatic rings. The van der Waals surface area contributed by atoms with E-state index in [1.807, 2.05) is 41.2 Å². The van der Waals surface area contributed by atoms with Crippen LogP contribution in [0.2, 0.25) is 0 Å². The average Bonchev–Trinajstić information content (AvgIpc) is 3.29. The van der Waals surface area contributed by atoms with Gasteiger partial charge in [-0.3, -0.25) is 9.48 Å². The van der Waals surface area contributed by atoms with E-state index in [9.17, 15) is 13.2 Å². The van der Waals surface area contributed by atoms with Gasteiger partial charge in [-0.2, -0.15) is 9.40 Å². The molecule has 9 heteroatoms. The Balaban J connectivity index is 1.50. The number of rotatable bonds is 6. The fourth-order valence-electron chi connectivity index (χ4n) is 3.42. The number of aromatic nitrogens is 2. The number of carbonyl (C=O) groups is 1. The first-order valence-electron chi connectivity index (χ1n) is 10.00. The van der Waals surface area contributed by atoms with Gasteiger partial charge in [0.25, 0.3) is 5.91 Å². The number of anilines is 1. The number of sulfonamides is 1. The van der Waals surface area contributed by atoms with Crippen LogP contribution in [0.25, 0.3) is 0 Å². The van der Waals surface area contributed by atoms with Crippen LogP contribution in [0.3, 0.4) is 0 Å². The summed E-state index contributed by atoms with van der Waals surface area (Å²) in [5.74, 6) is -0.351. The minimum Gasteiger partial charge on any atom is -0.379 e. The van der Waals surface area contributed by atoms with Crippen molar-refractivity contribution in [2.75, 3.05) is 31.6 Å². The number of amides is 1. The molecule has 0 radical (unpaired) electrons. The molecule has 3 aromatic rings. The highest BCUT2D eigenvalue weighted by atomic mass is 32.2. The van der Waals surface area contributed by atoms with Crippen LogP contribution in [0.15, 0.2) is 65.8 Å². The van der Waals surface area contributed by atoms with Gasteiger partial charge in [-0.1, -0.05) is 18.2 Å². The first kappa shape index (κ1) is 21.2. The first-order valence-corrected chi connectivity index (χ1v) is 11.4. The van der Waals surface area contributed by atoms with Crippen molar-refractivity contribution in [3.8, 4) is 0 Å². The number of ether oxygens (including phenoxy) is 1. The van der Waals surface area contributed by atoms with E-state index in [0.717, 1.165) is 5.56 Å². The molecule has 0 saturated carbocycles. The highest BCUT2D eigenvalue weighted by Crippen LogP contribution is 2.22. The summed E-state index contributed by atoms with van der Waals surface area (Å²) in [5.41, 5.74) is 2.72. The summed E-state index contributed by atoms with van der Waals surface area (Å²) >= 11 is 0. The maximum absolute atomic E-state index is 12.9. The minimum atomic E-state index is -3.67. The van der Waals surface area contributed by atoms with Crippen LogP contribution in [0.4, 0.5) is 5.69 Å². The number of benzene rings is 2. The number of aryl methyl sites for hydroxylation is 1. The quantitative estimate of drug-likeness (QED) is 0.636. The fraction of sp³-hybridized carbons (Fsp3) is 0.273. The van der Waals surface area contributed by atoms with Gasteiger partial charge in [-0.05, 0) is 48.4 Å². The van der Waals surface area contributed by atoms with Gasteiger partial charge in [0.05, 0.1) is 24.7 Å². The van der Waals surface area contributed by atoms with E-state index in [4.69, 9.17) is 4.74 Å². The SMILES string of the molecule is Cc1ccc(S(=O)(=O)N2CCOCC2)cc1C(=O)Nc1ccc(Cn2cccn2)cc1. The lowest BCUT2D eigenvalue weighted by Gasteiger charge is -2.26. The maximum atomic E-state index is 12.9. The van der Waals surface area contributed by atoms with Crippen LogP contribution in [-0.4, -0.2) is 54.7 Å². The number of morpholine rings is 1. The summed E-state index contributed by atoms with van der Waals surface area (Å²) < 4.78 is 34.3.